The van der Waals surface area contributed by atoms with E-state index in [0.29, 0.717) is 11.5 Å². The van der Waals surface area contributed by atoms with Crippen molar-refractivity contribution in [3.63, 3.8) is 0 Å². The topological polar surface area (TPSA) is 29.3 Å². The zero-order valence-electron chi connectivity index (χ0n) is 9.34. The van der Waals surface area contributed by atoms with Gasteiger partial charge in [-0.3, -0.25) is 0 Å². The van der Waals surface area contributed by atoms with Crippen molar-refractivity contribution in [2.75, 3.05) is 19.6 Å². The normalized spacial score (nSPS) is 19.8. The van der Waals surface area contributed by atoms with Gasteiger partial charge in [-0.15, -0.1) is 0 Å². The summed E-state index contributed by atoms with van der Waals surface area (Å²) in [6.07, 6.45) is 4.01. The van der Waals surface area contributed by atoms with Crippen molar-refractivity contribution in [2.45, 2.75) is 46.1 Å². The molecule has 0 heterocycles. The molecule has 2 nitrogen and oxygen atoms in total. The summed E-state index contributed by atoms with van der Waals surface area (Å²) in [7, 11) is 0. The van der Waals surface area contributed by atoms with Gasteiger partial charge in [-0.05, 0) is 51.6 Å². The third-order valence-electron chi connectivity index (χ3n) is 3.31. The first-order valence-corrected chi connectivity index (χ1v) is 5.57. The Morgan fingerprint density at radius 1 is 1.38 bits per heavy atom. The molecule has 0 spiro atoms. The van der Waals surface area contributed by atoms with Crippen LogP contribution in [-0.4, -0.2) is 30.6 Å². The quantitative estimate of drug-likeness (QED) is 0.682. The summed E-state index contributed by atoms with van der Waals surface area (Å²) in [6, 6.07) is 0.681. The zero-order valence-corrected chi connectivity index (χ0v) is 9.34. The summed E-state index contributed by atoms with van der Waals surface area (Å²) in [5.74, 6) is 0. The van der Waals surface area contributed by atoms with Gasteiger partial charge in [0, 0.05) is 12.6 Å². The molecule has 78 valence electrons. The lowest BCUT2D eigenvalue weighted by Gasteiger charge is -2.29. The van der Waals surface area contributed by atoms with Gasteiger partial charge in [-0.2, -0.15) is 0 Å². The molecule has 1 saturated carbocycles. The van der Waals surface area contributed by atoms with E-state index in [9.17, 15) is 0 Å². The first-order chi connectivity index (χ1) is 6.13. The average Bonchev–Trinajstić information content (AvgIpc) is 2.82. The molecule has 1 rings (SSSR count). The van der Waals surface area contributed by atoms with Gasteiger partial charge in [-0.1, -0.05) is 6.92 Å². The Morgan fingerprint density at radius 2 is 2.00 bits per heavy atom. The van der Waals surface area contributed by atoms with Gasteiger partial charge in [0.15, 0.2) is 0 Å². The number of hydrogen-bond acceptors (Lipinski definition) is 2. The van der Waals surface area contributed by atoms with E-state index in [1.54, 1.807) is 0 Å². The number of nitrogens with zero attached hydrogens (tertiary/aromatic N) is 1. The molecule has 0 bridgehead atoms. The van der Waals surface area contributed by atoms with Crippen molar-refractivity contribution in [1.29, 1.82) is 0 Å². The van der Waals surface area contributed by atoms with Crippen LogP contribution in [0.3, 0.4) is 0 Å². The Kier molecular flexibility index (Phi) is 3.74. The Labute approximate surface area is 82.5 Å². The zero-order chi connectivity index (χ0) is 9.90. The standard InChI is InChI=1S/C11H24N2/c1-4-13(10(2)3)9-11(5-6-11)7-8-12/h10H,4-9,12H2,1-3H3. The van der Waals surface area contributed by atoms with Crippen LogP contribution in [0.15, 0.2) is 0 Å². The molecule has 13 heavy (non-hydrogen) atoms. The summed E-state index contributed by atoms with van der Waals surface area (Å²) in [5.41, 5.74) is 6.24. The lowest BCUT2D eigenvalue weighted by molar-refractivity contribution is 0.182. The highest BCUT2D eigenvalue weighted by molar-refractivity contribution is 4.95. The summed E-state index contributed by atoms with van der Waals surface area (Å²) in [6.45, 7) is 10.1. The van der Waals surface area contributed by atoms with Crippen molar-refractivity contribution in [1.82, 2.24) is 4.90 Å². The minimum Gasteiger partial charge on any atom is -0.330 e. The van der Waals surface area contributed by atoms with Gasteiger partial charge in [0.1, 0.15) is 0 Å². The van der Waals surface area contributed by atoms with E-state index < -0.39 is 0 Å². The fourth-order valence-electron chi connectivity index (χ4n) is 2.06. The van der Waals surface area contributed by atoms with E-state index in [2.05, 4.69) is 25.7 Å². The number of hydrogen-bond donors (Lipinski definition) is 1. The maximum Gasteiger partial charge on any atom is 0.00410 e. The van der Waals surface area contributed by atoms with Crippen LogP contribution in [0, 0.1) is 5.41 Å². The highest BCUT2D eigenvalue weighted by Gasteiger charge is 2.42. The van der Waals surface area contributed by atoms with Crippen LogP contribution in [0.2, 0.25) is 0 Å². The fraction of sp³-hybridized carbons (Fsp3) is 1.00. The van der Waals surface area contributed by atoms with Gasteiger partial charge >= 0.3 is 0 Å². The van der Waals surface area contributed by atoms with E-state index in [1.807, 2.05) is 0 Å². The first kappa shape index (κ1) is 11.0. The van der Waals surface area contributed by atoms with Gasteiger partial charge in [0.25, 0.3) is 0 Å². The minimum atomic E-state index is 0.606. The monoisotopic (exact) mass is 184 g/mol. The predicted octanol–water partition coefficient (Wildman–Crippen LogP) is 1.85. The van der Waals surface area contributed by atoms with Crippen molar-refractivity contribution >= 4 is 0 Å². The van der Waals surface area contributed by atoms with Crippen LogP contribution in [0.25, 0.3) is 0 Å². The van der Waals surface area contributed by atoms with Crippen LogP contribution < -0.4 is 5.73 Å². The summed E-state index contributed by atoms with van der Waals surface area (Å²) in [5, 5.41) is 0. The van der Waals surface area contributed by atoms with E-state index in [4.69, 9.17) is 5.73 Å². The summed E-state index contributed by atoms with van der Waals surface area (Å²) in [4.78, 5) is 2.56. The van der Waals surface area contributed by atoms with Gasteiger partial charge in [0.05, 0.1) is 0 Å². The van der Waals surface area contributed by atoms with Crippen molar-refractivity contribution in [3.05, 3.63) is 0 Å². The van der Waals surface area contributed by atoms with Crippen LogP contribution in [0.4, 0.5) is 0 Å². The first-order valence-electron chi connectivity index (χ1n) is 5.57. The molecule has 0 aromatic heterocycles. The molecule has 0 atom stereocenters. The van der Waals surface area contributed by atoms with Crippen LogP contribution in [0.1, 0.15) is 40.0 Å². The van der Waals surface area contributed by atoms with E-state index in [1.165, 1.54) is 32.4 Å². The Morgan fingerprint density at radius 3 is 2.31 bits per heavy atom. The van der Waals surface area contributed by atoms with E-state index in [-0.39, 0.29) is 0 Å². The highest BCUT2D eigenvalue weighted by atomic mass is 15.2. The SMILES string of the molecule is CCN(CC1(CCN)CC1)C(C)C. The largest absolute Gasteiger partial charge is 0.330 e. The van der Waals surface area contributed by atoms with Gasteiger partial charge < -0.3 is 10.6 Å². The molecule has 1 aliphatic rings. The second kappa shape index (κ2) is 4.43. The van der Waals surface area contributed by atoms with Gasteiger partial charge in [-0.25, -0.2) is 0 Å². The molecular weight excluding hydrogens is 160 g/mol. The molecule has 0 radical (unpaired) electrons. The second-order valence-corrected chi connectivity index (χ2v) is 4.70. The molecule has 0 aromatic carbocycles. The molecule has 2 N–H and O–H groups in total. The molecule has 1 aliphatic carbocycles. The smallest absolute Gasteiger partial charge is 0.00410 e. The fourth-order valence-corrected chi connectivity index (χ4v) is 2.06. The Bertz CT molecular complexity index is 150. The number of nitrogens with two attached hydrogens (primary N) is 1. The Hall–Kier alpha value is -0.0800. The van der Waals surface area contributed by atoms with Gasteiger partial charge in [0.2, 0.25) is 0 Å². The third-order valence-corrected chi connectivity index (χ3v) is 3.31. The number of rotatable bonds is 6. The van der Waals surface area contributed by atoms with Crippen molar-refractivity contribution < 1.29 is 0 Å². The van der Waals surface area contributed by atoms with Crippen molar-refractivity contribution in [2.24, 2.45) is 11.1 Å². The molecule has 2 heteroatoms. The summed E-state index contributed by atoms with van der Waals surface area (Å²) < 4.78 is 0. The molecule has 0 unspecified atom stereocenters. The highest BCUT2D eigenvalue weighted by Crippen LogP contribution is 2.49. The van der Waals surface area contributed by atoms with Crippen LogP contribution in [0.5, 0.6) is 0 Å². The lowest BCUT2D eigenvalue weighted by atomic mass is 10.0. The third kappa shape index (κ3) is 2.96. The van der Waals surface area contributed by atoms with E-state index >= 15 is 0 Å². The maximum atomic E-state index is 5.63. The van der Waals surface area contributed by atoms with Crippen LogP contribution in [-0.2, 0) is 0 Å². The predicted molar refractivity (Wildman–Crippen MR) is 57.7 cm³/mol. The molecule has 0 aromatic rings. The molecule has 1 fully saturated rings. The minimum absolute atomic E-state index is 0.606. The second-order valence-electron chi connectivity index (χ2n) is 4.70. The molecule has 0 amide bonds. The maximum absolute atomic E-state index is 5.63. The average molecular weight is 184 g/mol. The molecular formula is C11H24N2. The Balaban J connectivity index is 2.37. The lowest BCUT2D eigenvalue weighted by Crippen LogP contribution is -2.36. The van der Waals surface area contributed by atoms with E-state index in [0.717, 1.165) is 6.54 Å². The van der Waals surface area contributed by atoms with Crippen LogP contribution >= 0.6 is 0 Å². The summed E-state index contributed by atoms with van der Waals surface area (Å²) >= 11 is 0. The molecule has 0 aliphatic heterocycles. The van der Waals surface area contributed by atoms with Crippen molar-refractivity contribution in [3.8, 4) is 0 Å². The molecule has 0 saturated heterocycles.